The quantitative estimate of drug-likeness (QED) is 0.818. The summed E-state index contributed by atoms with van der Waals surface area (Å²) >= 11 is 0. The van der Waals surface area contributed by atoms with Gasteiger partial charge in [0, 0.05) is 13.1 Å². The topological polar surface area (TPSA) is 54.4 Å². The Morgan fingerprint density at radius 2 is 1.90 bits per heavy atom. The molecule has 2 aliphatic rings. The van der Waals surface area contributed by atoms with Gasteiger partial charge in [-0.2, -0.15) is 0 Å². The molecule has 6 heteroatoms. The number of carbonyl (C=O) groups is 1. The molecule has 1 atom stereocenters. The highest BCUT2D eigenvalue weighted by Gasteiger charge is 2.36. The Morgan fingerprint density at radius 1 is 1.24 bits per heavy atom. The molecule has 1 aromatic rings. The minimum absolute atomic E-state index is 0.00154. The van der Waals surface area contributed by atoms with Crippen LogP contribution in [0.3, 0.4) is 0 Å². The van der Waals surface area contributed by atoms with Crippen LogP contribution in [-0.4, -0.2) is 56.2 Å². The fraction of sp³-hybridized carbons (Fsp3) is 0.467. The molecule has 0 aromatic heterocycles. The Balaban J connectivity index is 1.89. The molecule has 0 spiro atoms. The van der Waals surface area contributed by atoms with Crippen molar-refractivity contribution >= 4 is 17.6 Å². The standard InChI is InChI=1S/C15H19N3O3/c1-11-14(19)18(12-3-5-13(20-2)6-4-12)15(16-11)17-7-9-21-10-8-17/h3-6,11H,7-10H2,1-2H3. The van der Waals surface area contributed by atoms with Crippen LogP contribution in [0.15, 0.2) is 29.3 Å². The van der Waals surface area contributed by atoms with Gasteiger partial charge in [-0.05, 0) is 31.2 Å². The zero-order valence-corrected chi connectivity index (χ0v) is 12.3. The number of ether oxygens (including phenoxy) is 2. The number of morpholine rings is 1. The average molecular weight is 289 g/mol. The Kier molecular flexibility index (Phi) is 3.79. The summed E-state index contributed by atoms with van der Waals surface area (Å²) in [6.07, 6.45) is 0. The van der Waals surface area contributed by atoms with Crippen molar-refractivity contribution in [3.63, 3.8) is 0 Å². The van der Waals surface area contributed by atoms with Crippen molar-refractivity contribution in [3.05, 3.63) is 24.3 Å². The zero-order chi connectivity index (χ0) is 14.8. The first-order chi connectivity index (χ1) is 10.2. The number of methoxy groups -OCH3 is 1. The van der Waals surface area contributed by atoms with Gasteiger partial charge in [0.15, 0.2) is 0 Å². The van der Waals surface area contributed by atoms with Crippen LogP contribution in [0.1, 0.15) is 6.92 Å². The molecule has 2 heterocycles. The third-order valence-corrected chi connectivity index (χ3v) is 3.71. The number of carbonyl (C=O) groups excluding carboxylic acids is 1. The van der Waals surface area contributed by atoms with Gasteiger partial charge in [0.25, 0.3) is 5.91 Å². The second kappa shape index (κ2) is 5.73. The minimum Gasteiger partial charge on any atom is -0.497 e. The van der Waals surface area contributed by atoms with Crippen LogP contribution in [0.25, 0.3) is 0 Å². The molecule has 1 amide bonds. The second-order valence-corrected chi connectivity index (χ2v) is 5.08. The van der Waals surface area contributed by atoms with Gasteiger partial charge in [0.1, 0.15) is 11.8 Å². The van der Waals surface area contributed by atoms with E-state index in [1.54, 1.807) is 12.0 Å². The van der Waals surface area contributed by atoms with E-state index in [9.17, 15) is 4.79 Å². The SMILES string of the molecule is COc1ccc(N2C(=O)C(C)N=C2N2CCOCC2)cc1. The normalized spacial score (nSPS) is 22.5. The Labute approximate surface area is 124 Å². The molecule has 0 bridgehead atoms. The lowest BCUT2D eigenvalue weighted by Crippen LogP contribution is -2.49. The molecule has 6 nitrogen and oxygen atoms in total. The van der Waals surface area contributed by atoms with Gasteiger partial charge in [-0.3, -0.25) is 4.79 Å². The van der Waals surface area contributed by atoms with Gasteiger partial charge < -0.3 is 14.4 Å². The monoisotopic (exact) mass is 289 g/mol. The maximum Gasteiger partial charge on any atom is 0.258 e. The van der Waals surface area contributed by atoms with Crippen molar-refractivity contribution in [1.29, 1.82) is 0 Å². The fourth-order valence-electron chi connectivity index (χ4n) is 2.53. The molecule has 1 aromatic carbocycles. The van der Waals surface area contributed by atoms with Gasteiger partial charge in [-0.1, -0.05) is 0 Å². The lowest BCUT2D eigenvalue weighted by molar-refractivity contribution is -0.117. The van der Waals surface area contributed by atoms with Crippen molar-refractivity contribution in [1.82, 2.24) is 4.90 Å². The first-order valence-corrected chi connectivity index (χ1v) is 7.09. The number of rotatable bonds is 2. The van der Waals surface area contributed by atoms with Crippen LogP contribution in [0.4, 0.5) is 5.69 Å². The van der Waals surface area contributed by atoms with Crippen molar-refractivity contribution in [2.24, 2.45) is 4.99 Å². The van der Waals surface area contributed by atoms with Crippen LogP contribution in [0.2, 0.25) is 0 Å². The lowest BCUT2D eigenvalue weighted by Gasteiger charge is -2.32. The Bertz CT molecular complexity index is 550. The largest absolute Gasteiger partial charge is 0.497 e. The molecule has 1 unspecified atom stereocenters. The summed E-state index contributed by atoms with van der Waals surface area (Å²) in [5, 5.41) is 0. The highest BCUT2D eigenvalue weighted by Crippen LogP contribution is 2.25. The van der Waals surface area contributed by atoms with E-state index in [4.69, 9.17) is 9.47 Å². The summed E-state index contributed by atoms with van der Waals surface area (Å²) in [7, 11) is 1.62. The zero-order valence-electron chi connectivity index (χ0n) is 12.3. The molecule has 0 N–H and O–H groups in total. The highest BCUT2D eigenvalue weighted by molar-refractivity contribution is 6.21. The first-order valence-electron chi connectivity index (χ1n) is 7.09. The van der Waals surface area contributed by atoms with Crippen LogP contribution in [0, 0.1) is 0 Å². The van der Waals surface area contributed by atoms with E-state index in [1.165, 1.54) is 0 Å². The average Bonchev–Trinajstić information content (AvgIpc) is 2.84. The third kappa shape index (κ3) is 2.58. The molecule has 2 aliphatic heterocycles. The number of guanidine groups is 1. The lowest BCUT2D eigenvalue weighted by atomic mass is 10.2. The predicted octanol–water partition coefficient (Wildman–Crippen LogP) is 1.12. The molecule has 1 saturated heterocycles. The molecular weight excluding hydrogens is 270 g/mol. The summed E-state index contributed by atoms with van der Waals surface area (Å²) in [6.45, 7) is 4.67. The molecular formula is C15H19N3O3. The van der Waals surface area contributed by atoms with Gasteiger partial charge in [-0.15, -0.1) is 0 Å². The summed E-state index contributed by atoms with van der Waals surface area (Å²) in [5.74, 6) is 1.49. The highest BCUT2D eigenvalue weighted by atomic mass is 16.5. The first kappa shape index (κ1) is 13.9. The van der Waals surface area contributed by atoms with Gasteiger partial charge in [-0.25, -0.2) is 9.89 Å². The second-order valence-electron chi connectivity index (χ2n) is 5.08. The van der Waals surface area contributed by atoms with Gasteiger partial charge in [0.2, 0.25) is 5.96 Å². The summed E-state index contributed by atoms with van der Waals surface area (Å²) in [5.41, 5.74) is 0.815. The number of nitrogens with zero attached hydrogens (tertiary/aromatic N) is 3. The van der Waals surface area contributed by atoms with E-state index in [1.807, 2.05) is 31.2 Å². The molecule has 0 saturated carbocycles. The number of hydrogen-bond acceptors (Lipinski definition) is 5. The van der Waals surface area contributed by atoms with E-state index in [-0.39, 0.29) is 11.9 Å². The summed E-state index contributed by atoms with van der Waals surface area (Å²) in [4.78, 5) is 20.8. The maximum absolute atomic E-state index is 12.4. The number of hydrogen-bond donors (Lipinski definition) is 0. The van der Waals surface area contributed by atoms with Crippen LogP contribution >= 0.6 is 0 Å². The molecule has 21 heavy (non-hydrogen) atoms. The van der Waals surface area contributed by atoms with E-state index < -0.39 is 0 Å². The fourth-order valence-corrected chi connectivity index (χ4v) is 2.53. The summed E-state index contributed by atoms with van der Waals surface area (Å²) in [6, 6.07) is 7.12. The van der Waals surface area contributed by atoms with E-state index >= 15 is 0 Å². The van der Waals surface area contributed by atoms with Crippen molar-refractivity contribution in [2.75, 3.05) is 38.3 Å². The maximum atomic E-state index is 12.4. The van der Waals surface area contributed by atoms with Crippen molar-refractivity contribution in [3.8, 4) is 5.75 Å². The van der Waals surface area contributed by atoms with E-state index in [0.717, 1.165) is 30.5 Å². The number of anilines is 1. The van der Waals surface area contributed by atoms with Gasteiger partial charge >= 0.3 is 0 Å². The third-order valence-electron chi connectivity index (χ3n) is 3.71. The van der Waals surface area contributed by atoms with Crippen molar-refractivity contribution < 1.29 is 14.3 Å². The number of aliphatic imine (C=N–C) groups is 1. The van der Waals surface area contributed by atoms with Crippen LogP contribution in [0.5, 0.6) is 5.75 Å². The summed E-state index contributed by atoms with van der Waals surface area (Å²) < 4.78 is 10.5. The van der Waals surface area contributed by atoms with E-state index in [2.05, 4.69) is 9.89 Å². The van der Waals surface area contributed by atoms with Crippen LogP contribution in [-0.2, 0) is 9.53 Å². The molecule has 112 valence electrons. The number of amides is 1. The van der Waals surface area contributed by atoms with Crippen LogP contribution < -0.4 is 9.64 Å². The number of benzene rings is 1. The molecule has 1 fully saturated rings. The molecule has 0 aliphatic carbocycles. The molecule has 0 radical (unpaired) electrons. The van der Waals surface area contributed by atoms with E-state index in [0.29, 0.717) is 13.2 Å². The Hall–Kier alpha value is -2.08. The predicted molar refractivity (Wildman–Crippen MR) is 79.8 cm³/mol. The Morgan fingerprint density at radius 3 is 2.52 bits per heavy atom. The smallest absolute Gasteiger partial charge is 0.258 e. The minimum atomic E-state index is -0.343. The molecule has 3 rings (SSSR count). The van der Waals surface area contributed by atoms with Crippen molar-refractivity contribution in [2.45, 2.75) is 13.0 Å². The van der Waals surface area contributed by atoms with Gasteiger partial charge in [0.05, 0.1) is 26.0 Å².